The maximum Gasteiger partial charge on any atom is 0.332 e. The summed E-state index contributed by atoms with van der Waals surface area (Å²) in [5.41, 5.74) is 1.84. The fourth-order valence-corrected chi connectivity index (χ4v) is 3.57. The molecule has 0 atom stereocenters. The number of imidazole rings is 2. The van der Waals surface area contributed by atoms with Crippen molar-refractivity contribution in [2.24, 2.45) is 14.1 Å². The largest absolute Gasteiger partial charge is 0.467 e. The monoisotopic (exact) mass is 375 g/mol. The van der Waals surface area contributed by atoms with Gasteiger partial charge in [-0.15, -0.1) is 0 Å². The van der Waals surface area contributed by atoms with Gasteiger partial charge in [-0.2, -0.15) is 4.98 Å². The molecule has 0 radical (unpaired) electrons. The molecule has 0 aliphatic rings. The number of hydrogen-bond acceptors (Lipinski definition) is 4. The fraction of sp³-hybridized carbons (Fsp3) is 0.150. The van der Waals surface area contributed by atoms with Crippen molar-refractivity contribution < 1.29 is 4.42 Å². The van der Waals surface area contributed by atoms with Crippen LogP contribution in [-0.2, 0) is 20.6 Å². The van der Waals surface area contributed by atoms with E-state index >= 15 is 0 Å². The number of hydrogen-bond donors (Lipinski definition) is 0. The molecule has 0 N–H and O–H groups in total. The molecular formula is C20H17N5O3. The van der Waals surface area contributed by atoms with Crippen LogP contribution in [0.4, 0.5) is 0 Å². The summed E-state index contributed by atoms with van der Waals surface area (Å²) in [4.78, 5) is 29.7. The second-order valence-corrected chi connectivity index (χ2v) is 6.71. The number of aryl methyl sites for hydroxylation is 1. The van der Waals surface area contributed by atoms with Crippen LogP contribution in [0, 0.1) is 0 Å². The molecule has 28 heavy (non-hydrogen) atoms. The number of benzene rings is 1. The summed E-state index contributed by atoms with van der Waals surface area (Å²) in [6.07, 6.45) is 3.51. The minimum atomic E-state index is -0.404. The van der Waals surface area contributed by atoms with Gasteiger partial charge in [0.25, 0.3) is 5.56 Å². The van der Waals surface area contributed by atoms with E-state index < -0.39 is 5.69 Å². The standard InChI is InChI=1S/C20H17N5O3/c1-22-17-16(18(26)23(2)20(22)27)25-12-15(13-7-4-3-5-8-13)24(19(25)21-17)11-14-9-6-10-28-14/h3-10,12H,11H2,1-2H3. The van der Waals surface area contributed by atoms with Crippen LogP contribution in [0.15, 0.2) is 68.9 Å². The van der Waals surface area contributed by atoms with E-state index in [1.807, 2.05) is 53.2 Å². The minimum absolute atomic E-state index is 0.357. The fourth-order valence-electron chi connectivity index (χ4n) is 3.57. The van der Waals surface area contributed by atoms with Crippen LogP contribution in [0.5, 0.6) is 0 Å². The summed E-state index contributed by atoms with van der Waals surface area (Å²) in [7, 11) is 3.09. The lowest BCUT2D eigenvalue weighted by atomic mass is 10.1. The Kier molecular flexibility index (Phi) is 3.42. The molecular weight excluding hydrogens is 358 g/mol. The van der Waals surface area contributed by atoms with Crippen LogP contribution >= 0.6 is 0 Å². The molecule has 4 heterocycles. The first-order valence-corrected chi connectivity index (χ1v) is 8.81. The topological polar surface area (TPSA) is 79.4 Å². The van der Waals surface area contributed by atoms with Crippen molar-refractivity contribution in [2.75, 3.05) is 0 Å². The zero-order valence-electron chi connectivity index (χ0n) is 15.4. The summed E-state index contributed by atoms with van der Waals surface area (Å²) in [5.74, 6) is 1.34. The molecule has 0 spiro atoms. The molecule has 0 unspecified atom stereocenters. The first-order chi connectivity index (χ1) is 13.6. The van der Waals surface area contributed by atoms with Gasteiger partial charge in [-0.25, -0.2) is 4.79 Å². The lowest BCUT2D eigenvalue weighted by Gasteiger charge is -2.07. The normalized spacial score (nSPS) is 11.6. The molecule has 8 heteroatoms. The maximum atomic E-state index is 12.8. The number of furan rings is 1. The highest BCUT2D eigenvalue weighted by atomic mass is 16.3. The molecule has 1 aromatic carbocycles. The Morgan fingerprint density at radius 2 is 1.79 bits per heavy atom. The van der Waals surface area contributed by atoms with Gasteiger partial charge in [0.1, 0.15) is 5.76 Å². The van der Waals surface area contributed by atoms with E-state index in [4.69, 9.17) is 4.42 Å². The summed E-state index contributed by atoms with van der Waals surface area (Å²) in [5, 5.41) is 0. The van der Waals surface area contributed by atoms with E-state index in [2.05, 4.69) is 4.98 Å². The number of aromatic nitrogens is 5. The summed E-state index contributed by atoms with van der Waals surface area (Å²) in [6, 6.07) is 13.6. The van der Waals surface area contributed by atoms with E-state index in [-0.39, 0.29) is 5.56 Å². The maximum absolute atomic E-state index is 12.8. The van der Waals surface area contributed by atoms with E-state index in [9.17, 15) is 9.59 Å². The molecule has 0 saturated heterocycles. The van der Waals surface area contributed by atoms with Crippen molar-refractivity contribution >= 4 is 16.9 Å². The lowest BCUT2D eigenvalue weighted by molar-refractivity contribution is 0.497. The van der Waals surface area contributed by atoms with Gasteiger partial charge < -0.3 is 8.98 Å². The van der Waals surface area contributed by atoms with E-state index in [1.54, 1.807) is 17.7 Å². The Morgan fingerprint density at radius 1 is 1.00 bits per heavy atom. The molecule has 0 saturated carbocycles. The van der Waals surface area contributed by atoms with Gasteiger partial charge >= 0.3 is 5.69 Å². The molecule has 0 fully saturated rings. The highest BCUT2D eigenvalue weighted by molar-refractivity contribution is 5.78. The van der Waals surface area contributed by atoms with Gasteiger partial charge in [-0.3, -0.25) is 18.3 Å². The van der Waals surface area contributed by atoms with Crippen molar-refractivity contribution in [3.63, 3.8) is 0 Å². The Hall–Kier alpha value is -3.81. The second-order valence-electron chi connectivity index (χ2n) is 6.71. The molecule has 8 nitrogen and oxygen atoms in total. The van der Waals surface area contributed by atoms with Crippen LogP contribution < -0.4 is 11.2 Å². The van der Waals surface area contributed by atoms with Crippen molar-refractivity contribution in [1.82, 2.24) is 23.1 Å². The molecule has 0 bridgehead atoms. The Balaban J connectivity index is 1.90. The van der Waals surface area contributed by atoms with Crippen LogP contribution in [-0.4, -0.2) is 23.1 Å². The minimum Gasteiger partial charge on any atom is -0.467 e. The Bertz CT molecular complexity index is 1430. The third-order valence-corrected chi connectivity index (χ3v) is 5.02. The first-order valence-electron chi connectivity index (χ1n) is 8.81. The Labute approximate surface area is 158 Å². The van der Waals surface area contributed by atoms with Gasteiger partial charge in [0, 0.05) is 20.3 Å². The average Bonchev–Trinajstić information content (AvgIpc) is 3.42. The van der Waals surface area contributed by atoms with E-state index in [0.717, 1.165) is 21.6 Å². The predicted molar refractivity (Wildman–Crippen MR) is 104 cm³/mol. The highest BCUT2D eigenvalue weighted by Gasteiger charge is 2.21. The number of nitrogens with zero attached hydrogens (tertiary/aromatic N) is 5. The molecule has 0 amide bonds. The summed E-state index contributed by atoms with van der Waals surface area (Å²) < 4.78 is 11.8. The Morgan fingerprint density at radius 3 is 2.50 bits per heavy atom. The van der Waals surface area contributed by atoms with E-state index in [1.165, 1.54) is 11.6 Å². The van der Waals surface area contributed by atoms with Crippen molar-refractivity contribution in [3.8, 4) is 11.3 Å². The molecule has 5 aromatic rings. The smallest absolute Gasteiger partial charge is 0.332 e. The SMILES string of the molecule is Cn1c(=O)c2c(nc3n(Cc4ccco4)c(-c4ccccc4)cn23)n(C)c1=O. The summed E-state index contributed by atoms with van der Waals surface area (Å²) >= 11 is 0. The van der Waals surface area contributed by atoms with Gasteiger partial charge in [0.05, 0.1) is 18.5 Å². The van der Waals surface area contributed by atoms with Gasteiger partial charge in [-0.05, 0) is 17.7 Å². The third-order valence-electron chi connectivity index (χ3n) is 5.02. The van der Waals surface area contributed by atoms with Crippen LogP contribution in [0.25, 0.3) is 28.2 Å². The van der Waals surface area contributed by atoms with Crippen LogP contribution in [0.2, 0.25) is 0 Å². The number of fused-ring (bicyclic) bond motifs is 3. The predicted octanol–water partition coefficient (Wildman–Crippen LogP) is 1.99. The molecule has 140 valence electrons. The third kappa shape index (κ3) is 2.21. The zero-order chi connectivity index (χ0) is 19.4. The summed E-state index contributed by atoms with van der Waals surface area (Å²) in [6.45, 7) is 0.450. The lowest BCUT2D eigenvalue weighted by Crippen LogP contribution is -2.37. The molecule has 0 aliphatic heterocycles. The van der Waals surface area contributed by atoms with Gasteiger partial charge in [0.15, 0.2) is 11.2 Å². The molecule has 4 aromatic heterocycles. The number of rotatable bonds is 3. The first kappa shape index (κ1) is 16.4. The molecule has 5 rings (SSSR count). The highest BCUT2D eigenvalue weighted by Crippen LogP contribution is 2.26. The van der Waals surface area contributed by atoms with Crippen molar-refractivity contribution in [1.29, 1.82) is 0 Å². The average molecular weight is 375 g/mol. The van der Waals surface area contributed by atoms with Gasteiger partial charge in [0.2, 0.25) is 5.78 Å². The van der Waals surface area contributed by atoms with Crippen LogP contribution in [0.3, 0.4) is 0 Å². The zero-order valence-corrected chi connectivity index (χ0v) is 15.4. The second kappa shape index (κ2) is 5.85. The van der Waals surface area contributed by atoms with Crippen molar-refractivity contribution in [2.45, 2.75) is 6.54 Å². The van der Waals surface area contributed by atoms with Crippen molar-refractivity contribution in [3.05, 3.63) is 81.5 Å². The van der Waals surface area contributed by atoms with Crippen LogP contribution in [0.1, 0.15) is 5.76 Å². The van der Waals surface area contributed by atoms with Gasteiger partial charge in [-0.1, -0.05) is 30.3 Å². The molecule has 0 aliphatic carbocycles. The van der Waals surface area contributed by atoms with E-state index in [0.29, 0.717) is 23.5 Å². The quantitative estimate of drug-likeness (QED) is 0.483.